The minimum absolute atomic E-state index is 0.428. The predicted octanol–water partition coefficient (Wildman–Crippen LogP) is 13.0. The highest BCUT2D eigenvalue weighted by molar-refractivity contribution is 6.29. The Morgan fingerprint density at radius 2 is 1.10 bits per heavy atom. The number of benzene rings is 8. The van der Waals surface area contributed by atoms with Gasteiger partial charge in [0.1, 0.15) is 34.3 Å². The van der Waals surface area contributed by atoms with Crippen LogP contribution in [0.2, 0.25) is 0 Å². The lowest BCUT2D eigenvalue weighted by Crippen LogP contribution is -2.33. The van der Waals surface area contributed by atoms with Crippen LogP contribution in [-0.2, 0) is 0 Å². The first kappa shape index (κ1) is 32.4. The molecule has 272 valence electrons. The lowest BCUT2D eigenvalue weighted by atomic mass is 9.93. The van der Waals surface area contributed by atoms with Crippen LogP contribution in [0.4, 0.5) is 0 Å². The molecule has 58 heavy (non-hydrogen) atoms. The minimum Gasteiger partial charge on any atom is -0.456 e. The Morgan fingerprint density at radius 1 is 0.448 bits per heavy atom. The van der Waals surface area contributed by atoms with Gasteiger partial charge in [0.05, 0.1) is 16.8 Å². The van der Waals surface area contributed by atoms with Crippen LogP contribution in [0.1, 0.15) is 22.9 Å². The number of amidine groups is 2. The van der Waals surface area contributed by atoms with Crippen LogP contribution in [0, 0.1) is 0 Å². The zero-order valence-electron chi connectivity index (χ0n) is 31.1. The highest BCUT2D eigenvalue weighted by Gasteiger charge is 2.25. The van der Waals surface area contributed by atoms with Gasteiger partial charge in [-0.25, -0.2) is 15.0 Å². The number of aromatic nitrogens is 1. The Bertz CT molecular complexity index is 3490. The zero-order chi connectivity index (χ0) is 38.2. The molecule has 0 saturated heterocycles. The average molecular weight is 745 g/mol. The molecule has 0 aliphatic carbocycles. The fraction of sp³-hybridized carbons (Fsp3) is 0.0192. The maximum atomic E-state index is 6.47. The van der Waals surface area contributed by atoms with Crippen molar-refractivity contribution in [2.75, 3.05) is 0 Å². The smallest absolute Gasteiger partial charge is 0.163 e. The van der Waals surface area contributed by atoms with E-state index in [0.717, 1.165) is 110 Å². The fourth-order valence-electron chi connectivity index (χ4n) is 8.66. The van der Waals surface area contributed by atoms with Gasteiger partial charge in [0.2, 0.25) is 0 Å². The first-order valence-corrected chi connectivity index (χ1v) is 19.5. The normalized spacial score (nSPS) is 14.4. The van der Waals surface area contributed by atoms with Gasteiger partial charge in [0.15, 0.2) is 5.84 Å². The van der Waals surface area contributed by atoms with E-state index in [2.05, 4.69) is 127 Å². The van der Waals surface area contributed by atoms with Crippen molar-refractivity contribution in [3.63, 3.8) is 0 Å². The number of aliphatic imine (C=N–C) groups is 2. The second kappa shape index (κ2) is 12.9. The number of nitrogens with one attached hydrogen (secondary N) is 1. The molecule has 1 unspecified atom stereocenters. The summed E-state index contributed by atoms with van der Waals surface area (Å²) in [6.45, 7) is 0. The molecule has 0 saturated carbocycles. The highest BCUT2D eigenvalue weighted by Crippen LogP contribution is 2.43. The third-order valence-electron chi connectivity index (χ3n) is 11.3. The molecule has 3 aromatic heterocycles. The molecule has 11 aromatic rings. The summed E-state index contributed by atoms with van der Waals surface area (Å²) < 4.78 is 12.9. The van der Waals surface area contributed by atoms with E-state index in [4.69, 9.17) is 23.8 Å². The molecule has 1 N–H and O–H groups in total. The maximum Gasteiger partial charge on any atom is 0.163 e. The summed E-state index contributed by atoms with van der Waals surface area (Å²) in [7, 11) is 0. The third-order valence-corrected chi connectivity index (χ3v) is 11.3. The third kappa shape index (κ3) is 5.09. The number of nitrogens with zero attached hydrogens (tertiary/aromatic N) is 3. The molecular weight excluding hydrogens is 713 g/mol. The molecule has 1 atom stereocenters. The number of hydrogen-bond acceptors (Lipinski definition) is 6. The summed E-state index contributed by atoms with van der Waals surface area (Å²) in [6.07, 6.45) is -0.428. The maximum absolute atomic E-state index is 6.47. The van der Waals surface area contributed by atoms with E-state index >= 15 is 0 Å². The van der Waals surface area contributed by atoms with Gasteiger partial charge in [-0.05, 0) is 47.5 Å². The van der Waals surface area contributed by atoms with Crippen molar-refractivity contribution < 1.29 is 8.83 Å². The van der Waals surface area contributed by atoms with Crippen LogP contribution in [0.5, 0.6) is 0 Å². The fourth-order valence-corrected chi connectivity index (χ4v) is 8.66. The van der Waals surface area contributed by atoms with Gasteiger partial charge in [-0.3, -0.25) is 0 Å². The van der Waals surface area contributed by atoms with Crippen LogP contribution in [-0.4, -0.2) is 16.7 Å². The first-order chi connectivity index (χ1) is 28.7. The second-order valence-corrected chi connectivity index (χ2v) is 14.7. The number of fused-ring (bicyclic) bond motifs is 10. The lowest BCUT2D eigenvalue weighted by molar-refractivity contribution is 0.663. The molecule has 0 spiro atoms. The van der Waals surface area contributed by atoms with Crippen molar-refractivity contribution in [3.05, 3.63) is 199 Å². The summed E-state index contributed by atoms with van der Waals surface area (Å²) in [4.78, 5) is 15.9. The predicted molar refractivity (Wildman–Crippen MR) is 237 cm³/mol. The van der Waals surface area contributed by atoms with Gasteiger partial charge in [-0.1, -0.05) is 146 Å². The molecule has 6 heteroatoms. The van der Waals surface area contributed by atoms with Crippen molar-refractivity contribution >= 4 is 77.2 Å². The second-order valence-electron chi connectivity index (χ2n) is 14.7. The van der Waals surface area contributed by atoms with Crippen LogP contribution >= 0.6 is 0 Å². The van der Waals surface area contributed by atoms with E-state index in [9.17, 15) is 0 Å². The number of para-hydroxylation sites is 4. The van der Waals surface area contributed by atoms with Gasteiger partial charge in [0.25, 0.3) is 0 Å². The zero-order valence-corrected chi connectivity index (χ0v) is 31.1. The van der Waals surface area contributed by atoms with Crippen molar-refractivity contribution in [3.8, 4) is 22.4 Å². The number of pyridine rings is 1. The van der Waals surface area contributed by atoms with Crippen molar-refractivity contribution in [1.82, 2.24) is 10.3 Å². The Balaban J connectivity index is 1.06. The van der Waals surface area contributed by atoms with Crippen LogP contribution in [0.15, 0.2) is 201 Å². The molecule has 0 radical (unpaired) electrons. The summed E-state index contributed by atoms with van der Waals surface area (Å²) in [5.41, 5.74) is 11.2. The number of rotatable bonds is 5. The van der Waals surface area contributed by atoms with Crippen LogP contribution < -0.4 is 5.32 Å². The summed E-state index contributed by atoms with van der Waals surface area (Å²) in [6, 6.07) is 62.7. The Hall–Kier alpha value is -7.83. The summed E-state index contributed by atoms with van der Waals surface area (Å²) in [5, 5.41) is 11.3. The first-order valence-electron chi connectivity index (χ1n) is 19.5. The van der Waals surface area contributed by atoms with Crippen molar-refractivity contribution in [2.45, 2.75) is 6.17 Å². The molecule has 12 rings (SSSR count). The average Bonchev–Trinajstić information content (AvgIpc) is 3.88. The Morgan fingerprint density at radius 3 is 1.93 bits per heavy atom. The number of furan rings is 2. The van der Waals surface area contributed by atoms with Gasteiger partial charge >= 0.3 is 0 Å². The topological polar surface area (TPSA) is 75.9 Å². The van der Waals surface area contributed by atoms with Crippen LogP contribution in [0.3, 0.4) is 0 Å². The molecule has 4 heterocycles. The molecule has 1 aliphatic rings. The van der Waals surface area contributed by atoms with E-state index in [1.165, 1.54) is 0 Å². The molecule has 0 bridgehead atoms. The van der Waals surface area contributed by atoms with Gasteiger partial charge in [0, 0.05) is 54.4 Å². The van der Waals surface area contributed by atoms with E-state index in [1.54, 1.807) is 0 Å². The molecule has 1 aliphatic heterocycles. The van der Waals surface area contributed by atoms with E-state index in [0.29, 0.717) is 5.84 Å². The van der Waals surface area contributed by atoms with Gasteiger partial charge in [-0.2, -0.15) is 0 Å². The summed E-state index contributed by atoms with van der Waals surface area (Å²) >= 11 is 0. The number of hydrogen-bond donors (Lipinski definition) is 1. The molecule has 6 nitrogen and oxygen atoms in total. The lowest BCUT2D eigenvalue weighted by Gasteiger charge is -2.24. The minimum atomic E-state index is -0.428. The highest BCUT2D eigenvalue weighted by atomic mass is 16.3. The van der Waals surface area contributed by atoms with Crippen molar-refractivity contribution in [2.24, 2.45) is 9.98 Å². The summed E-state index contributed by atoms with van der Waals surface area (Å²) in [5.74, 6) is 1.36. The van der Waals surface area contributed by atoms with Gasteiger partial charge in [-0.15, -0.1) is 0 Å². The van der Waals surface area contributed by atoms with Crippen LogP contribution in [0.25, 0.3) is 87.9 Å². The van der Waals surface area contributed by atoms with Gasteiger partial charge < -0.3 is 14.2 Å². The Kier molecular flexibility index (Phi) is 7.19. The molecule has 8 aromatic carbocycles. The monoisotopic (exact) mass is 744 g/mol. The molecular formula is C52H32N4O2. The van der Waals surface area contributed by atoms with E-state index in [-0.39, 0.29) is 0 Å². The standard InChI is InChI=1S/C52H32N4O2/c1-3-14-31(15-4-1)47-40-28-29-44-46(38-21-8-10-27-43(38)57-44)45(40)39-24-12-22-35(48(39)53-47)33-18-11-19-34(30-33)51-54-50(32-16-5-2-6-17-32)55-52(56-51)41-25-13-23-37-36-20-7-9-26-42(36)58-49(37)41/h1-30,51H,(H,54,55,56). The van der Waals surface area contributed by atoms with Crippen molar-refractivity contribution in [1.29, 1.82) is 0 Å². The molecule has 0 fully saturated rings. The van der Waals surface area contributed by atoms with E-state index in [1.807, 2.05) is 60.7 Å². The SMILES string of the molecule is c1ccc(C2=NC(c3cccc4c3oc3ccccc34)=NC(c3cccc(-c4cccc5c4nc(-c4ccccc4)c4ccc6oc7ccccc7c6c45)c3)N2)cc1. The van der Waals surface area contributed by atoms with E-state index < -0.39 is 6.17 Å². The largest absolute Gasteiger partial charge is 0.456 e. The quantitative estimate of drug-likeness (QED) is 0.178. The molecule has 0 amide bonds. The Labute approximate surface area is 332 Å².